The molecule has 32 heavy (non-hydrogen) atoms. The molecular weight excluding hydrogens is 416 g/mol. The molecule has 4 N–H and O–H groups in total. The van der Waals surface area contributed by atoms with Crippen LogP contribution in [0.15, 0.2) is 48.9 Å². The number of pyridine rings is 2. The van der Waals surface area contributed by atoms with Crippen molar-refractivity contribution in [1.29, 1.82) is 0 Å². The molecule has 0 atom stereocenters. The van der Waals surface area contributed by atoms with Crippen molar-refractivity contribution in [3.63, 3.8) is 0 Å². The van der Waals surface area contributed by atoms with E-state index in [1.54, 1.807) is 24.5 Å². The standard InChI is InChI=1S/C23H19F2N5O2/c24-16-7-12(10-26)8-17(25)21(16)32-18-4-6-28-22-20(18)15(11-29-22)14-3-5-27-19(9-14)30-23(31)13-1-2-13/h3-9,11,13H,1-2,10,26H2,(H,28,29)(H,27,30,31). The molecule has 1 fully saturated rings. The van der Waals surface area contributed by atoms with Gasteiger partial charge in [0, 0.05) is 36.6 Å². The maximum absolute atomic E-state index is 14.5. The number of rotatable bonds is 6. The van der Waals surface area contributed by atoms with Crippen molar-refractivity contribution in [2.45, 2.75) is 19.4 Å². The van der Waals surface area contributed by atoms with Gasteiger partial charge in [-0.25, -0.2) is 18.7 Å². The molecule has 0 aliphatic heterocycles. The van der Waals surface area contributed by atoms with Crippen LogP contribution in [0.1, 0.15) is 18.4 Å². The van der Waals surface area contributed by atoms with Gasteiger partial charge >= 0.3 is 0 Å². The summed E-state index contributed by atoms with van der Waals surface area (Å²) in [7, 11) is 0. The van der Waals surface area contributed by atoms with Gasteiger partial charge in [0.25, 0.3) is 0 Å². The highest BCUT2D eigenvalue weighted by Gasteiger charge is 2.29. The molecule has 9 heteroatoms. The Hall–Kier alpha value is -3.85. The highest BCUT2D eigenvalue weighted by molar-refractivity contribution is 5.99. The second-order valence-corrected chi connectivity index (χ2v) is 7.62. The molecule has 3 aromatic heterocycles. The van der Waals surface area contributed by atoms with E-state index in [9.17, 15) is 13.6 Å². The minimum absolute atomic E-state index is 0.0112. The first-order valence-corrected chi connectivity index (χ1v) is 10.1. The van der Waals surface area contributed by atoms with Gasteiger partial charge in [0.1, 0.15) is 17.2 Å². The maximum Gasteiger partial charge on any atom is 0.228 e. The van der Waals surface area contributed by atoms with Crippen molar-refractivity contribution in [1.82, 2.24) is 15.0 Å². The van der Waals surface area contributed by atoms with Gasteiger partial charge in [-0.15, -0.1) is 0 Å². The van der Waals surface area contributed by atoms with E-state index in [-0.39, 0.29) is 24.1 Å². The van der Waals surface area contributed by atoms with Crippen LogP contribution in [-0.4, -0.2) is 20.9 Å². The van der Waals surface area contributed by atoms with Gasteiger partial charge in [-0.1, -0.05) is 0 Å². The summed E-state index contributed by atoms with van der Waals surface area (Å²) in [6.07, 6.45) is 6.56. The predicted molar refractivity (Wildman–Crippen MR) is 115 cm³/mol. The number of fused-ring (bicyclic) bond motifs is 1. The zero-order valence-corrected chi connectivity index (χ0v) is 16.9. The quantitative estimate of drug-likeness (QED) is 0.413. The molecule has 1 aliphatic rings. The number of benzene rings is 1. The summed E-state index contributed by atoms with van der Waals surface area (Å²) >= 11 is 0. The number of ether oxygens (including phenoxy) is 1. The number of hydrogen-bond donors (Lipinski definition) is 3. The Bertz CT molecular complexity index is 1310. The monoisotopic (exact) mass is 435 g/mol. The number of carbonyl (C=O) groups is 1. The summed E-state index contributed by atoms with van der Waals surface area (Å²) in [6, 6.07) is 7.33. The summed E-state index contributed by atoms with van der Waals surface area (Å²) < 4.78 is 34.6. The van der Waals surface area contributed by atoms with E-state index in [1.807, 2.05) is 0 Å². The molecule has 0 saturated heterocycles. The van der Waals surface area contributed by atoms with Gasteiger partial charge in [0.05, 0.1) is 5.39 Å². The van der Waals surface area contributed by atoms with Crippen LogP contribution in [0.5, 0.6) is 11.5 Å². The van der Waals surface area contributed by atoms with Crippen molar-refractivity contribution < 1.29 is 18.3 Å². The fourth-order valence-corrected chi connectivity index (χ4v) is 3.52. The van der Waals surface area contributed by atoms with E-state index in [1.165, 1.54) is 12.3 Å². The maximum atomic E-state index is 14.5. The third-order valence-corrected chi connectivity index (χ3v) is 5.31. The first-order chi connectivity index (χ1) is 15.5. The predicted octanol–water partition coefficient (Wildman–Crippen LogP) is 4.50. The SMILES string of the molecule is NCc1cc(F)c(Oc2ccnc3[nH]cc(-c4ccnc(NC(=O)C5CC5)c4)c23)c(F)c1. The lowest BCUT2D eigenvalue weighted by Crippen LogP contribution is -2.14. The van der Waals surface area contributed by atoms with E-state index >= 15 is 0 Å². The summed E-state index contributed by atoms with van der Waals surface area (Å²) in [5.41, 5.74) is 7.71. The number of nitrogens with zero attached hydrogens (tertiary/aromatic N) is 2. The molecule has 1 amide bonds. The molecule has 1 saturated carbocycles. The van der Waals surface area contributed by atoms with Crippen molar-refractivity contribution in [2.75, 3.05) is 5.32 Å². The Morgan fingerprint density at radius 2 is 1.91 bits per heavy atom. The summed E-state index contributed by atoms with van der Waals surface area (Å²) in [5.74, 6) is -1.56. The van der Waals surface area contributed by atoms with Crippen molar-refractivity contribution in [3.05, 3.63) is 66.1 Å². The minimum Gasteiger partial charge on any atom is -0.450 e. The van der Waals surface area contributed by atoms with Crippen LogP contribution in [0.2, 0.25) is 0 Å². The normalized spacial score (nSPS) is 13.3. The summed E-state index contributed by atoms with van der Waals surface area (Å²) in [4.78, 5) is 23.6. The number of hydrogen-bond acceptors (Lipinski definition) is 5. The van der Waals surface area contributed by atoms with E-state index in [0.717, 1.165) is 30.5 Å². The third-order valence-electron chi connectivity index (χ3n) is 5.31. The number of anilines is 1. The number of nitrogens with one attached hydrogen (secondary N) is 2. The lowest BCUT2D eigenvalue weighted by atomic mass is 10.1. The highest BCUT2D eigenvalue weighted by atomic mass is 19.1. The van der Waals surface area contributed by atoms with Crippen LogP contribution in [0.4, 0.5) is 14.6 Å². The van der Waals surface area contributed by atoms with Crippen molar-refractivity contribution in [2.24, 2.45) is 11.7 Å². The summed E-state index contributed by atoms with van der Waals surface area (Å²) in [5, 5.41) is 3.36. The van der Waals surface area contributed by atoms with Gasteiger partial charge < -0.3 is 20.8 Å². The molecule has 3 heterocycles. The molecule has 0 radical (unpaired) electrons. The number of nitrogens with two attached hydrogens (primary N) is 1. The fourth-order valence-electron chi connectivity index (χ4n) is 3.52. The van der Waals surface area contributed by atoms with Gasteiger partial charge in [-0.2, -0.15) is 0 Å². The molecule has 0 bridgehead atoms. The molecule has 162 valence electrons. The zero-order chi connectivity index (χ0) is 22.2. The Labute approximate surface area is 181 Å². The number of amides is 1. The van der Waals surface area contributed by atoms with E-state index in [2.05, 4.69) is 20.3 Å². The number of halogens is 2. The van der Waals surface area contributed by atoms with E-state index in [0.29, 0.717) is 28.0 Å². The Morgan fingerprint density at radius 1 is 1.16 bits per heavy atom. The second kappa shape index (κ2) is 8.01. The van der Waals surface area contributed by atoms with Gasteiger partial charge in [-0.05, 0) is 54.3 Å². The smallest absolute Gasteiger partial charge is 0.228 e. The Balaban J connectivity index is 1.54. The average Bonchev–Trinajstić information content (AvgIpc) is 3.55. The third kappa shape index (κ3) is 3.78. The lowest BCUT2D eigenvalue weighted by Gasteiger charge is -2.11. The first kappa shape index (κ1) is 20.1. The van der Waals surface area contributed by atoms with Gasteiger partial charge in [0.15, 0.2) is 17.4 Å². The van der Waals surface area contributed by atoms with E-state index in [4.69, 9.17) is 10.5 Å². The van der Waals surface area contributed by atoms with Gasteiger partial charge in [-0.3, -0.25) is 4.79 Å². The number of aromatic amines is 1. The molecule has 0 spiro atoms. The Morgan fingerprint density at radius 3 is 2.62 bits per heavy atom. The lowest BCUT2D eigenvalue weighted by molar-refractivity contribution is -0.117. The molecule has 1 aliphatic carbocycles. The zero-order valence-electron chi connectivity index (χ0n) is 16.9. The van der Waals surface area contributed by atoms with Crippen LogP contribution in [0.3, 0.4) is 0 Å². The van der Waals surface area contributed by atoms with Crippen LogP contribution in [0, 0.1) is 17.6 Å². The molecule has 4 aromatic rings. The van der Waals surface area contributed by atoms with Crippen LogP contribution < -0.4 is 15.8 Å². The molecular formula is C23H19F2N5O2. The van der Waals surface area contributed by atoms with Crippen LogP contribution >= 0.6 is 0 Å². The fraction of sp³-hybridized carbons (Fsp3) is 0.174. The van der Waals surface area contributed by atoms with Crippen molar-refractivity contribution in [3.8, 4) is 22.6 Å². The average molecular weight is 435 g/mol. The minimum atomic E-state index is -0.846. The van der Waals surface area contributed by atoms with E-state index < -0.39 is 17.4 Å². The molecule has 5 rings (SSSR count). The Kier molecular flexibility index (Phi) is 5.02. The number of carbonyl (C=O) groups excluding carboxylic acids is 1. The molecule has 7 nitrogen and oxygen atoms in total. The number of aromatic nitrogens is 3. The largest absolute Gasteiger partial charge is 0.450 e. The van der Waals surface area contributed by atoms with Crippen LogP contribution in [-0.2, 0) is 11.3 Å². The van der Waals surface area contributed by atoms with Crippen LogP contribution in [0.25, 0.3) is 22.2 Å². The molecule has 1 aromatic carbocycles. The second-order valence-electron chi connectivity index (χ2n) is 7.62. The van der Waals surface area contributed by atoms with Gasteiger partial charge in [0.2, 0.25) is 5.91 Å². The summed E-state index contributed by atoms with van der Waals surface area (Å²) in [6.45, 7) is 0.0112. The number of H-pyrrole nitrogens is 1. The molecule has 0 unspecified atom stereocenters. The van der Waals surface area contributed by atoms with Crippen molar-refractivity contribution >= 4 is 22.8 Å². The highest BCUT2D eigenvalue weighted by Crippen LogP contribution is 2.38. The first-order valence-electron chi connectivity index (χ1n) is 10.1. The topological polar surface area (TPSA) is 106 Å².